The molecule has 30 heavy (non-hydrogen) atoms. The molecule has 1 aromatic carbocycles. The summed E-state index contributed by atoms with van der Waals surface area (Å²) in [6, 6.07) is 6.22. The van der Waals surface area contributed by atoms with Crippen LogP contribution in [0.25, 0.3) is 0 Å². The summed E-state index contributed by atoms with van der Waals surface area (Å²) in [6.07, 6.45) is 0.939. The van der Waals surface area contributed by atoms with Crippen molar-refractivity contribution in [2.24, 2.45) is 11.5 Å². The lowest BCUT2D eigenvalue weighted by Gasteiger charge is -2.37. The zero-order chi connectivity index (χ0) is 21.2. The van der Waals surface area contributed by atoms with Gasteiger partial charge in [-0.25, -0.2) is 4.79 Å². The number of hydrogen-bond acceptors (Lipinski definition) is 4. The van der Waals surface area contributed by atoms with Crippen LogP contribution in [0.3, 0.4) is 0 Å². The van der Waals surface area contributed by atoms with E-state index in [0.29, 0.717) is 51.7 Å². The van der Waals surface area contributed by atoms with E-state index in [1.54, 1.807) is 24.3 Å². The third-order valence-corrected chi connectivity index (χ3v) is 6.38. The highest BCUT2D eigenvalue weighted by molar-refractivity contribution is 7.17. The predicted octanol–water partition coefficient (Wildman–Crippen LogP) is -0.473. The van der Waals surface area contributed by atoms with Crippen LogP contribution in [0, 0.1) is 0 Å². The number of carbonyl (C=O) groups is 3. The quantitative estimate of drug-likeness (QED) is 0.280. The van der Waals surface area contributed by atoms with Crippen molar-refractivity contribution in [1.29, 1.82) is 0 Å². The van der Waals surface area contributed by atoms with Gasteiger partial charge in [0.1, 0.15) is 11.5 Å². The van der Waals surface area contributed by atoms with Crippen molar-refractivity contribution in [3.8, 4) is 0 Å². The first kappa shape index (κ1) is 24.4. The lowest BCUT2D eigenvalue weighted by atomic mass is 10.0. The van der Waals surface area contributed by atoms with Crippen molar-refractivity contribution in [3.05, 3.63) is 45.3 Å². The van der Waals surface area contributed by atoms with Crippen molar-refractivity contribution in [1.82, 2.24) is 0 Å². The average molecular weight is 564 g/mol. The van der Waals surface area contributed by atoms with E-state index in [0.717, 1.165) is 17.0 Å². The Morgan fingerprint density at radius 3 is 2.43 bits per heavy atom. The number of likely N-dealkylation sites (N-methyl/N-ethyl adjacent to an activating group) is 1. The average Bonchev–Trinajstić information content (AvgIpc) is 2.98. The Labute approximate surface area is 200 Å². The Bertz CT molecular complexity index is 966. The van der Waals surface area contributed by atoms with Crippen molar-refractivity contribution >= 4 is 51.5 Å². The molecule has 1 unspecified atom stereocenters. The number of nitrogens with zero attached hydrogens (tertiary/aromatic N) is 1. The number of benzene rings is 1. The normalized spacial score (nSPS) is 17.4. The summed E-state index contributed by atoms with van der Waals surface area (Å²) in [7, 11) is 2.05. The fourth-order valence-corrected chi connectivity index (χ4v) is 4.98. The van der Waals surface area contributed by atoms with E-state index in [1.807, 2.05) is 0 Å². The number of anilines is 2. The Morgan fingerprint density at radius 2 is 1.83 bits per heavy atom. The van der Waals surface area contributed by atoms with E-state index >= 15 is 0 Å². The van der Waals surface area contributed by atoms with Crippen molar-refractivity contribution in [3.63, 3.8) is 0 Å². The van der Waals surface area contributed by atoms with Crippen LogP contribution in [0.1, 0.15) is 27.2 Å². The maximum atomic E-state index is 12.4. The van der Waals surface area contributed by atoms with Crippen LogP contribution in [0.4, 0.5) is 15.5 Å². The summed E-state index contributed by atoms with van der Waals surface area (Å²) in [5.41, 5.74) is 12.7. The van der Waals surface area contributed by atoms with Crippen molar-refractivity contribution < 1.29 is 42.8 Å². The fourth-order valence-electron chi connectivity index (χ4n) is 3.43. The van der Waals surface area contributed by atoms with Crippen LogP contribution in [0.5, 0.6) is 0 Å². The second kappa shape index (κ2) is 9.94. The molecule has 0 spiro atoms. The molecule has 0 fully saturated rings. The molecule has 1 aliphatic rings. The van der Waals surface area contributed by atoms with E-state index in [2.05, 4.69) is 17.7 Å². The number of quaternary nitrogens is 1. The molecule has 8 nitrogen and oxygen atoms in total. The van der Waals surface area contributed by atoms with E-state index in [1.165, 1.54) is 11.3 Å². The van der Waals surface area contributed by atoms with Gasteiger partial charge in [0.15, 0.2) is 0 Å². The molecule has 0 bridgehead atoms. The molecule has 0 radical (unpaired) electrons. The highest BCUT2D eigenvalue weighted by Crippen LogP contribution is 2.38. The summed E-state index contributed by atoms with van der Waals surface area (Å²) in [6.45, 7) is 2.03. The number of urea groups is 1. The van der Waals surface area contributed by atoms with Gasteiger partial charge in [0, 0.05) is 17.1 Å². The number of hydrogen-bond donors (Lipinski definition) is 4. The number of amides is 4. The Kier molecular flexibility index (Phi) is 8.08. The summed E-state index contributed by atoms with van der Waals surface area (Å²) in [4.78, 5) is 36.6. The second-order valence-electron chi connectivity index (χ2n) is 7.35. The van der Waals surface area contributed by atoms with Crippen molar-refractivity contribution in [2.45, 2.75) is 19.4 Å². The molecular weight excluding hydrogens is 541 g/mol. The zero-order valence-corrected chi connectivity index (χ0v) is 20.1. The zero-order valence-electron chi connectivity index (χ0n) is 16.3. The molecule has 1 aliphatic heterocycles. The number of halogens is 2. The number of carbonyl (C=O) groups excluding carboxylic acids is 3. The molecule has 2 heterocycles. The number of fused-ring (bicyclic) bond motifs is 1. The van der Waals surface area contributed by atoms with Gasteiger partial charge in [-0.1, -0.05) is 11.6 Å². The number of primary amides is 2. The van der Waals surface area contributed by atoms with Crippen LogP contribution in [0.15, 0.2) is 24.3 Å². The summed E-state index contributed by atoms with van der Waals surface area (Å²) >= 11 is 7.19. The summed E-state index contributed by atoms with van der Waals surface area (Å²) in [5.74, 6) is -0.905. The maximum Gasteiger partial charge on any atom is 0.324 e. The predicted molar refractivity (Wildman–Crippen MR) is 114 cm³/mol. The largest absolute Gasteiger partial charge is 1.00 e. The highest BCUT2D eigenvalue weighted by Gasteiger charge is 2.34. The Morgan fingerprint density at radius 1 is 1.17 bits per heavy atom. The lowest BCUT2D eigenvalue weighted by Crippen LogP contribution is -3.00. The summed E-state index contributed by atoms with van der Waals surface area (Å²) in [5, 5.41) is 6.44. The van der Waals surface area contributed by atoms with Crippen LogP contribution < -0.4 is 46.1 Å². The molecule has 4 amide bonds. The molecule has 11 heteroatoms. The van der Waals surface area contributed by atoms with Gasteiger partial charge in [0.05, 0.1) is 37.0 Å². The monoisotopic (exact) mass is 563 g/mol. The SMILES string of the molecule is C[N+]1(CCC(N)=O)CCc2c(sc(NC(=O)Nc3ccc(Cl)cc3)c2C(N)=O)C1.[I-]. The Balaban J connectivity index is 0.00000320. The van der Waals surface area contributed by atoms with Gasteiger partial charge in [-0.3, -0.25) is 14.9 Å². The maximum absolute atomic E-state index is 12.4. The van der Waals surface area contributed by atoms with Crippen LogP contribution in [-0.4, -0.2) is 42.5 Å². The topological polar surface area (TPSA) is 127 Å². The minimum Gasteiger partial charge on any atom is -1.00 e. The van der Waals surface area contributed by atoms with Crippen LogP contribution in [-0.2, 0) is 17.8 Å². The van der Waals surface area contributed by atoms with Crippen LogP contribution in [0.2, 0.25) is 5.02 Å². The van der Waals surface area contributed by atoms with Gasteiger partial charge in [0.25, 0.3) is 5.91 Å². The molecule has 0 saturated carbocycles. The van der Waals surface area contributed by atoms with Gasteiger partial charge in [-0.05, 0) is 29.8 Å². The standard InChI is InChI=1S/C19H22ClN5O3S.HI/c1-25(9-7-15(21)26)8-6-13-14(10-25)29-18(16(13)17(22)27)24-19(28)23-12-4-2-11(20)3-5-12;/h2-5H,6-10H2,1H3,(H5-,21,22,23,24,26,27,28);1H. The van der Waals surface area contributed by atoms with E-state index in [-0.39, 0.29) is 29.9 Å². The van der Waals surface area contributed by atoms with Gasteiger partial charge in [0.2, 0.25) is 5.91 Å². The number of nitrogens with two attached hydrogens (primary N) is 2. The first-order valence-corrected chi connectivity index (χ1v) is 10.3. The minimum absolute atomic E-state index is 0. The molecular formula is C19H23ClIN5O3S. The fraction of sp³-hybridized carbons (Fsp3) is 0.316. The van der Waals surface area contributed by atoms with E-state index in [9.17, 15) is 14.4 Å². The third-order valence-electron chi connectivity index (χ3n) is 4.99. The lowest BCUT2D eigenvalue weighted by molar-refractivity contribution is -0.923. The van der Waals surface area contributed by atoms with Gasteiger partial charge < -0.3 is 45.2 Å². The molecule has 0 aliphatic carbocycles. The number of rotatable bonds is 6. The van der Waals surface area contributed by atoms with Gasteiger partial charge in [-0.2, -0.15) is 0 Å². The van der Waals surface area contributed by atoms with E-state index in [4.69, 9.17) is 23.1 Å². The number of nitrogens with one attached hydrogen (secondary N) is 2. The smallest absolute Gasteiger partial charge is 0.324 e. The third kappa shape index (κ3) is 5.84. The summed E-state index contributed by atoms with van der Waals surface area (Å²) < 4.78 is 0.644. The molecule has 0 saturated heterocycles. The van der Waals surface area contributed by atoms with Crippen molar-refractivity contribution in [2.75, 3.05) is 30.8 Å². The van der Waals surface area contributed by atoms with Crippen LogP contribution >= 0.6 is 22.9 Å². The second-order valence-corrected chi connectivity index (χ2v) is 8.89. The highest BCUT2D eigenvalue weighted by atomic mass is 127. The minimum atomic E-state index is -0.572. The van der Waals surface area contributed by atoms with Gasteiger partial charge >= 0.3 is 6.03 Å². The van der Waals surface area contributed by atoms with E-state index < -0.39 is 11.9 Å². The molecule has 1 aromatic heterocycles. The molecule has 2 aromatic rings. The van der Waals surface area contributed by atoms with Gasteiger partial charge in [-0.15, -0.1) is 11.3 Å². The molecule has 3 rings (SSSR count). The molecule has 1 atom stereocenters. The first-order valence-electron chi connectivity index (χ1n) is 9.06. The molecule has 6 N–H and O–H groups in total. The Hall–Kier alpha value is -1.89. The molecule has 162 valence electrons. The number of thiophene rings is 1. The first-order chi connectivity index (χ1) is 13.7.